The maximum absolute atomic E-state index is 11.0. The van der Waals surface area contributed by atoms with Gasteiger partial charge in [-0.05, 0) is 12.8 Å². The van der Waals surface area contributed by atoms with Gasteiger partial charge in [-0.25, -0.2) is 0 Å². The molecule has 0 rings (SSSR count). The van der Waals surface area contributed by atoms with Crippen LogP contribution >= 0.6 is 0 Å². The Bertz CT molecular complexity index is 178. The molecule has 0 bridgehead atoms. The number of carbonyl (C=O) groups is 1. The van der Waals surface area contributed by atoms with Gasteiger partial charge in [0.1, 0.15) is 6.04 Å². The van der Waals surface area contributed by atoms with Crippen LogP contribution in [0.3, 0.4) is 0 Å². The van der Waals surface area contributed by atoms with Gasteiger partial charge in [-0.1, -0.05) is 0 Å². The highest BCUT2D eigenvalue weighted by Gasteiger charge is 2.10. The summed E-state index contributed by atoms with van der Waals surface area (Å²) in [6.45, 7) is 0.139. The van der Waals surface area contributed by atoms with Gasteiger partial charge in [0.15, 0.2) is 0 Å². The minimum absolute atomic E-state index is 0.134. The number of hydrogen-bond donors (Lipinski definition) is 5. The maximum atomic E-state index is 11.0. The minimum Gasteiger partial charge on any atom is -0.394 e. The SMILES string of the molecule is NC(CO)C(=O)NCCCCON(O)O. The number of nitrogens with two attached hydrogens (primary N) is 1. The van der Waals surface area contributed by atoms with Gasteiger partial charge in [-0.15, -0.1) is 0 Å². The highest BCUT2D eigenvalue weighted by molar-refractivity contribution is 5.81. The molecule has 1 amide bonds. The molecule has 15 heavy (non-hydrogen) atoms. The van der Waals surface area contributed by atoms with Crippen molar-refractivity contribution in [2.24, 2.45) is 5.73 Å². The second-order valence-electron chi connectivity index (χ2n) is 2.87. The zero-order valence-corrected chi connectivity index (χ0v) is 8.30. The molecule has 0 aliphatic rings. The van der Waals surface area contributed by atoms with Gasteiger partial charge in [0.25, 0.3) is 0 Å². The van der Waals surface area contributed by atoms with Crippen LogP contribution in [-0.4, -0.2) is 52.6 Å². The molecule has 0 radical (unpaired) electrons. The van der Waals surface area contributed by atoms with E-state index in [2.05, 4.69) is 10.2 Å². The van der Waals surface area contributed by atoms with Crippen LogP contribution in [0, 0.1) is 0 Å². The molecule has 8 heteroatoms. The van der Waals surface area contributed by atoms with E-state index in [9.17, 15) is 4.79 Å². The summed E-state index contributed by atoms with van der Waals surface area (Å²) in [5.74, 6) is -0.413. The third-order valence-corrected chi connectivity index (χ3v) is 1.61. The van der Waals surface area contributed by atoms with Crippen LogP contribution in [0.4, 0.5) is 0 Å². The van der Waals surface area contributed by atoms with Gasteiger partial charge in [-0.2, -0.15) is 0 Å². The fraction of sp³-hybridized carbons (Fsp3) is 0.857. The predicted octanol–water partition coefficient (Wildman–Crippen LogP) is -1.79. The van der Waals surface area contributed by atoms with Crippen LogP contribution in [0.1, 0.15) is 12.8 Å². The van der Waals surface area contributed by atoms with Crippen LogP contribution in [0.2, 0.25) is 0 Å². The van der Waals surface area contributed by atoms with E-state index in [0.717, 1.165) is 0 Å². The molecule has 0 aromatic rings. The monoisotopic (exact) mass is 223 g/mol. The second-order valence-corrected chi connectivity index (χ2v) is 2.87. The summed E-state index contributed by atoms with van der Waals surface area (Å²) in [5, 5.41) is 27.0. The largest absolute Gasteiger partial charge is 0.394 e. The lowest BCUT2D eigenvalue weighted by Crippen LogP contribution is -2.43. The zero-order chi connectivity index (χ0) is 11.7. The fourth-order valence-corrected chi connectivity index (χ4v) is 0.799. The van der Waals surface area contributed by atoms with E-state index in [1.165, 1.54) is 0 Å². The summed E-state index contributed by atoms with van der Waals surface area (Å²) in [6, 6.07) is -0.897. The Hall–Kier alpha value is -0.770. The third-order valence-electron chi connectivity index (χ3n) is 1.61. The summed E-state index contributed by atoms with van der Waals surface area (Å²) < 4.78 is 0. The zero-order valence-electron chi connectivity index (χ0n) is 8.30. The van der Waals surface area contributed by atoms with Crippen molar-refractivity contribution < 1.29 is 25.2 Å². The first kappa shape index (κ1) is 14.2. The highest BCUT2D eigenvalue weighted by atomic mass is 17.1. The summed E-state index contributed by atoms with van der Waals surface area (Å²) in [5.41, 5.74) is 5.24. The lowest BCUT2D eigenvalue weighted by molar-refractivity contribution is -0.492. The van der Waals surface area contributed by atoms with E-state index >= 15 is 0 Å². The van der Waals surface area contributed by atoms with Gasteiger partial charge >= 0.3 is 0 Å². The van der Waals surface area contributed by atoms with E-state index in [1.807, 2.05) is 0 Å². The van der Waals surface area contributed by atoms with Crippen molar-refractivity contribution in [3.8, 4) is 0 Å². The van der Waals surface area contributed by atoms with Crippen molar-refractivity contribution >= 4 is 5.91 Å². The molecule has 0 spiro atoms. The summed E-state index contributed by atoms with van der Waals surface area (Å²) in [7, 11) is 0. The molecule has 0 aliphatic carbocycles. The second kappa shape index (κ2) is 8.53. The molecule has 0 aromatic heterocycles. The first-order chi connectivity index (χ1) is 7.07. The van der Waals surface area contributed by atoms with Gasteiger partial charge in [0.2, 0.25) is 5.91 Å². The van der Waals surface area contributed by atoms with E-state index in [1.54, 1.807) is 0 Å². The lowest BCUT2D eigenvalue weighted by atomic mass is 10.3. The lowest BCUT2D eigenvalue weighted by Gasteiger charge is -2.09. The van der Waals surface area contributed by atoms with Crippen LogP contribution in [-0.2, 0) is 9.63 Å². The maximum Gasteiger partial charge on any atom is 0.239 e. The predicted molar refractivity (Wildman–Crippen MR) is 48.7 cm³/mol. The van der Waals surface area contributed by atoms with E-state index in [4.69, 9.17) is 21.3 Å². The average Bonchev–Trinajstić information content (AvgIpc) is 2.21. The average molecular weight is 223 g/mol. The molecule has 0 saturated heterocycles. The number of aliphatic hydroxyl groups is 1. The van der Waals surface area contributed by atoms with Crippen molar-refractivity contribution in [3.63, 3.8) is 0 Å². The summed E-state index contributed by atoms with van der Waals surface area (Å²) in [4.78, 5) is 15.3. The molecular weight excluding hydrogens is 206 g/mol. The molecule has 0 aromatic carbocycles. The normalized spacial score (nSPS) is 12.9. The Balaban J connectivity index is 3.27. The smallest absolute Gasteiger partial charge is 0.239 e. The number of nitrogens with one attached hydrogen (secondary N) is 1. The van der Waals surface area contributed by atoms with Crippen LogP contribution in [0.25, 0.3) is 0 Å². The summed E-state index contributed by atoms with van der Waals surface area (Å²) >= 11 is 0. The number of aliphatic hydroxyl groups excluding tert-OH is 1. The van der Waals surface area contributed by atoms with E-state index in [0.29, 0.717) is 19.4 Å². The molecule has 1 atom stereocenters. The molecular formula is C7H17N3O5. The van der Waals surface area contributed by atoms with E-state index in [-0.39, 0.29) is 18.6 Å². The molecule has 90 valence electrons. The quantitative estimate of drug-likeness (QED) is 0.243. The molecule has 1 unspecified atom stereocenters. The number of carbonyl (C=O) groups excluding carboxylic acids is 1. The summed E-state index contributed by atoms with van der Waals surface area (Å²) in [6.07, 6.45) is 1.16. The Kier molecular flexibility index (Phi) is 8.09. The highest BCUT2D eigenvalue weighted by Crippen LogP contribution is 1.89. The number of hydrogen-bond acceptors (Lipinski definition) is 7. The molecule has 0 fully saturated rings. The Morgan fingerprint density at radius 3 is 2.67 bits per heavy atom. The minimum atomic E-state index is -0.897. The Morgan fingerprint density at radius 1 is 1.47 bits per heavy atom. The van der Waals surface area contributed by atoms with Crippen LogP contribution in [0.15, 0.2) is 0 Å². The Morgan fingerprint density at radius 2 is 2.13 bits per heavy atom. The third kappa shape index (κ3) is 8.24. The van der Waals surface area contributed by atoms with E-state index < -0.39 is 11.9 Å². The molecule has 0 heterocycles. The van der Waals surface area contributed by atoms with Crippen molar-refractivity contribution in [1.82, 2.24) is 10.7 Å². The molecule has 6 N–H and O–H groups in total. The number of nitrogens with zero attached hydrogens (tertiary/aromatic N) is 1. The fourth-order valence-electron chi connectivity index (χ4n) is 0.799. The molecule has 0 aliphatic heterocycles. The van der Waals surface area contributed by atoms with Crippen LogP contribution in [0.5, 0.6) is 0 Å². The van der Waals surface area contributed by atoms with Crippen molar-refractivity contribution in [3.05, 3.63) is 0 Å². The molecule has 0 saturated carbocycles. The topological polar surface area (TPSA) is 128 Å². The van der Waals surface area contributed by atoms with Gasteiger partial charge in [-0.3, -0.25) is 20.0 Å². The van der Waals surface area contributed by atoms with Crippen LogP contribution < -0.4 is 11.1 Å². The molecule has 8 nitrogen and oxygen atoms in total. The van der Waals surface area contributed by atoms with Gasteiger partial charge < -0.3 is 16.2 Å². The van der Waals surface area contributed by atoms with Gasteiger partial charge in [0.05, 0.1) is 18.6 Å². The first-order valence-corrected chi connectivity index (χ1v) is 4.53. The number of unbranched alkanes of at least 4 members (excludes halogenated alkanes) is 1. The van der Waals surface area contributed by atoms with Crippen molar-refractivity contribution in [2.75, 3.05) is 19.8 Å². The van der Waals surface area contributed by atoms with Crippen molar-refractivity contribution in [1.29, 1.82) is 0 Å². The standard InChI is InChI=1S/C7H17N3O5/c8-6(5-11)7(12)9-3-1-2-4-15-10(13)14/h6,11,13-14H,1-5,8H2,(H,9,12). The van der Waals surface area contributed by atoms with Crippen molar-refractivity contribution in [2.45, 2.75) is 18.9 Å². The first-order valence-electron chi connectivity index (χ1n) is 4.53. The Labute approximate surface area is 87.1 Å². The number of amides is 1. The number of rotatable bonds is 8. The van der Waals surface area contributed by atoms with Gasteiger partial charge in [0, 0.05) is 6.54 Å².